The number of ether oxygens (including phenoxy) is 1. The van der Waals surface area contributed by atoms with E-state index >= 15 is 0 Å². The van der Waals surface area contributed by atoms with Gasteiger partial charge >= 0.3 is 0 Å². The zero-order valence-electron chi connectivity index (χ0n) is 10.8. The van der Waals surface area contributed by atoms with Gasteiger partial charge in [-0.05, 0) is 43.7 Å². The highest BCUT2D eigenvalue weighted by atomic mass is 32.1. The SMILES string of the molecule is CCC1CCCCC1Oc1ncccc1C(N)=S. The van der Waals surface area contributed by atoms with Gasteiger partial charge in [0.2, 0.25) is 5.88 Å². The van der Waals surface area contributed by atoms with E-state index in [0.29, 0.717) is 16.8 Å². The van der Waals surface area contributed by atoms with Crippen molar-refractivity contribution >= 4 is 17.2 Å². The van der Waals surface area contributed by atoms with Crippen LogP contribution in [0.5, 0.6) is 5.88 Å². The Hall–Kier alpha value is -1.16. The first-order valence-electron chi connectivity index (χ1n) is 6.63. The molecule has 1 heterocycles. The lowest BCUT2D eigenvalue weighted by Gasteiger charge is -2.31. The number of pyridine rings is 1. The number of hydrogen-bond donors (Lipinski definition) is 1. The Labute approximate surface area is 114 Å². The van der Waals surface area contributed by atoms with Gasteiger partial charge in [0.15, 0.2) is 0 Å². The topological polar surface area (TPSA) is 48.1 Å². The lowest BCUT2D eigenvalue weighted by Crippen LogP contribution is -2.31. The minimum Gasteiger partial charge on any atom is -0.474 e. The molecule has 1 aliphatic carbocycles. The lowest BCUT2D eigenvalue weighted by molar-refractivity contribution is 0.0857. The largest absolute Gasteiger partial charge is 0.474 e. The van der Waals surface area contributed by atoms with Crippen LogP contribution in [0.2, 0.25) is 0 Å². The van der Waals surface area contributed by atoms with Crippen LogP contribution in [0.15, 0.2) is 18.3 Å². The van der Waals surface area contributed by atoms with Gasteiger partial charge in [0.05, 0.1) is 5.56 Å². The summed E-state index contributed by atoms with van der Waals surface area (Å²) in [5.74, 6) is 1.22. The minimum atomic E-state index is 0.256. The van der Waals surface area contributed by atoms with Crippen LogP contribution in [-0.2, 0) is 0 Å². The highest BCUT2D eigenvalue weighted by Gasteiger charge is 2.26. The van der Waals surface area contributed by atoms with Crippen molar-refractivity contribution in [2.45, 2.75) is 45.1 Å². The summed E-state index contributed by atoms with van der Waals surface area (Å²) in [6.45, 7) is 2.22. The maximum absolute atomic E-state index is 6.07. The van der Waals surface area contributed by atoms with E-state index in [4.69, 9.17) is 22.7 Å². The highest BCUT2D eigenvalue weighted by molar-refractivity contribution is 7.80. The van der Waals surface area contributed by atoms with E-state index in [-0.39, 0.29) is 6.10 Å². The van der Waals surface area contributed by atoms with Gasteiger partial charge in [-0.2, -0.15) is 0 Å². The molecule has 1 fully saturated rings. The van der Waals surface area contributed by atoms with Crippen LogP contribution in [0.1, 0.15) is 44.6 Å². The Kier molecular flexibility index (Phi) is 4.53. The summed E-state index contributed by atoms with van der Waals surface area (Å²) in [5, 5.41) is 0. The van der Waals surface area contributed by atoms with Crippen LogP contribution in [0.4, 0.5) is 0 Å². The molecular formula is C14H20N2OS. The molecule has 0 aliphatic heterocycles. The first-order valence-corrected chi connectivity index (χ1v) is 7.04. The Morgan fingerprint density at radius 1 is 1.50 bits per heavy atom. The zero-order valence-corrected chi connectivity index (χ0v) is 11.6. The Morgan fingerprint density at radius 2 is 2.28 bits per heavy atom. The van der Waals surface area contributed by atoms with Crippen molar-refractivity contribution in [1.82, 2.24) is 4.98 Å². The molecule has 98 valence electrons. The van der Waals surface area contributed by atoms with Gasteiger partial charge in [-0.15, -0.1) is 0 Å². The fourth-order valence-electron chi connectivity index (χ4n) is 2.61. The fraction of sp³-hybridized carbons (Fsp3) is 0.571. The second-order valence-corrected chi connectivity index (χ2v) is 5.27. The number of hydrogen-bond acceptors (Lipinski definition) is 3. The quantitative estimate of drug-likeness (QED) is 0.849. The van der Waals surface area contributed by atoms with E-state index in [1.54, 1.807) is 6.20 Å². The van der Waals surface area contributed by atoms with Gasteiger partial charge in [0, 0.05) is 6.20 Å². The number of aromatic nitrogens is 1. The van der Waals surface area contributed by atoms with E-state index in [1.807, 2.05) is 12.1 Å². The number of thiocarbonyl (C=S) groups is 1. The molecule has 2 unspecified atom stereocenters. The Bertz CT molecular complexity index is 422. The molecule has 1 saturated carbocycles. The first kappa shape index (κ1) is 13.3. The third kappa shape index (κ3) is 2.99. The molecule has 0 aromatic carbocycles. The molecule has 1 aromatic heterocycles. The average Bonchev–Trinajstić information content (AvgIpc) is 2.40. The Morgan fingerprint density at radius 3 is 3.00 bits per heavy atom. The molecule has 2 N–H and O–H groups in total. The van der Waals surface area contributed by atoms with E-state index in [1.165, 1.54) is 19.3 Å². The number of nitrogens with zero attached hydrogens (tertiary/aromatic N) is 1. The van der Waals surface area contributed by atoms with Gasteiger partial charge < -0.3 is 10.5 Å². The Balaban J connectivity index is 2.15. The van der Waals surface area contributed by atoms with Gasteiger partial charge in [-0.1, -0.05) is 25.6 Å². The van der Waals surface area contributed by atoms with Crippen molar-refractivity contribution in [3.8, 4) is 5.88 Å². The molecule has 0 saturated heterocycles. The van der Waals surface area contributed by atoms with Crippen molar-refractivity contribution in [2.75, 3.05) is 0 Å². The van der Waals surface area contributed by atoms with Gasteiger partial charge in [0.1, 0.15) is 11.1 Å². The second-order valence-electron chi connectivity index (χ2n) is 4.83. The van der Waals surface area contributed by atoms with Crippen LogP contribution in [-0.4, -0.2) is 16.1 Å². The molecule has 0 spiro atoms. The monoisotopic (exact) mass is 264 g/mol. The third-order valence-corrected chi connectivity index (χ3v) is 3.88. The van der Waals surface area contributed by atoms with Crippen molar-refractivity contribution in [1.29, 1.82) is 0 Å². The first-order chi connectivity index (χ1) is 8.72. The predicted octanol–water partition coefficient (Wildman–Crippen LogP) is 3.06. The summed E-state index contributed by atoms with van der Waals surface area (Å²) >= 11 is 5.03. The normalized spacial score (nSPS) is 23.6. The molecule has 3 nitrogen and oxygen atoms in total. The van der Waals surface area contributed by atoms with Crippen LogP contribution < -0.4 is 10.5 Å². The molecule has 2 atom stereocenters. The minimum absolute atomic E-state index is 0.256. The molecule has 2 rings (SSSR count). The fourth-order valence-corrected chi connectivity index (χ4v) is 2.77. The zero-order chi connectivity index (χ0) is 13.0. The summed E-state index contributed by atoms with van der Waals surface area (Å²) in [4.78, 5) is 4.62. The molecule has 18 heavy (non-hydrogen) atoms. The van der Waals surface area contributed by atoms with Gasteiger partial charge in [0.25, 0.3) is 0 Å². The van der Waals surface area contributed by atoms with Gasteiger partial charge in [-0.25, -0.2) is 4.98 Å². The maximum atomic E-state index is 6.07. The standard InChI is InChI=1S/C14H20N2OS/c1-2-10-6-3-4-8-12(10)17-14-11(13(15)18)7-5-9-16-14/h5,7,9-10,12H,2-4,6,8H2,1H3,(H2,15,18). The third-order valence-electron chi connectivity index (χ3n) is 3.66. The van der Waals surface area contributed by atoms with E-state index in [2.05, 4.69) is 11.9 Å². The average molecular weight is 264 g/mol. The van der Waals surface area contributed by atoms with Gasteiger partial charge in [-0.3, -0.25) is 0 Å². The summed E-state index contributed by atoms with van der Waals surface area (Å²) in [6, 6.07) is 3.70. The van der Waals surface area contributed by atoms with Crippen molar-refractivity contribution in [3.05, 3.63) is 23.9 Å². The summed E-state index contributed by atoms with van der Waals surface area (Å²) < 4.78 is 6.07. The van der Waals surface area contributed by atoms with Crippen LogP contribution in [0, 0.1) is 5.92 Å². The number of rotatable bonds is 4. The van der Waals surface area contributed by atoms with Crippen LogP contribution >= 0.6 is 12.2 Å². The molecule has 0 amide bonds. The molecule has 1 aromatic rings. The van der Waals surface area contributed by atoms with Crippen LogP contribution in [0.25, 0.3) is 0 Å². The number of nitrogens with two attached hydrogens (primary N) is 1. The lowest BCUT2D eigenvalue weighted by atomic mass is 9.85. The summed E-state index contributed by atoms with van der Waals surface area (Å²) in [5.41, 5.74) is 6.44. The maximum Gasteiger partial charge on any atom is 0.224 e. The van der Waals surface area contributed by atoms with E-state index in [9.17, 15) is 0 Å². The molecule has 4 heteroatoms. The highest BCUT2D eigenvalue weighted by Crippen LogP contribution is 2.30. The van der Waals surface area contributed by atoms with Crippen LogP contribution in [0.3, 0.4) is 0 Å². The molecular weight excluding hydrogens is 244 g/mol. The smallest absolute Gasteiger partial charge is 0.224 e. The predicted molar refractivity (Wildman–Crippen MR) is 76.8 cm³/mol. The van der Waals surface area contributed by atoms with Crippen molar-refractivity contribution in [2.24, 2.45) is 11.7 Å². The molecule has 0 bridgehead atoms. The molecule has 0 radical (unpaired) electrons. The molecule has 1 aliphatic rings. The van der Waals surface area contributed by atoms with E-state index in [0.717, 1.165) is 18.4 Å². The van der Waals surface area contributed by atoms with Crippen molar-refractivity contribution in [3.63, 3.8) is 0 Å². The van der Waals surface area contributed by atoms with Crippen molar-refractivity contribution < 1.29 is 4.74 Å². The van der Waals surface area contributed by atoms with E-state index < -0.39 is 0 Å². The summed E-state index contributed by atoms with van der Waals surface area (Å²) in [6.07, 6.45) is 8.02. The second kappa shape index (κ2) is 6.14. The summed E-state index contributed by atoms with van der Waals surface area (Å²) in [7, 11) is 0.